The van der Waals surface area contributed by atoms with E-state index in [1.807, 2.05) is 32.1 Å². The standard InChI is InChI=1S/C19H20O4/c1-13(2)5-4-6-14(3)9-10-22-18-12-17-15(11-16(18)20)7-8-19(21)23-17/h4,6-9,11-12,20H,1,5,10H2,2-3H3/b6-4+,14-9+. The topological polar surface area (TPSA) is 59.7 Å². The lowest BCUT2D eigenvalue weighted by molar-refractivity contribution is 0.335. The maximum absolute atomic E-state index is 11.2. The van der Waals surface area contributed by atoms with Gasteiger partial charge in [-0.3, -0.25) is 0 Å². The highest BCUT2D eigenvalue weighted by molar-refractivity contribution is 5.80. The Kier molecular flexibility index (Phi) is 5.41. The van der Waals surface area contributed by atoms with Gasteiger partial charge in [-0.05, 0) is 38.5 Å². The Labute approximate surface area is 135 Å². The molecule has 2 aromatic rings. The van der Waals surface area contributed by atoms with E-state index in [9.17, 15) is 9.90 Å². The van der Waals surface area contributed by atoms with Gasteiger partial charge in [-0.25, -0.2) is 4.79 Å². The number of phenolic OH excluding ortho intramolecular Hbond substituents is 1. The van der Waals surface area contributed by atoms with Gasteiger partial charge in [0.2, 0.25) is 0 Å². The minimum Gasteiger partial charge on any atom is -0.504 e. The molecule has 1 aromatic heterocycles. The zero-order valence-corrected chi connectivity index (χ0v) is 13.3. The fraction of sp³-hybridized carbons (Fsp3) is 0.211. The summed E-state index contributed by atoms with van der Waals surface area (Å²) in [4.78, 5) is 11.2. The number of benzene rings is 1. The molecule has 4 nitrogen and oxygen atoms in total. The number of phenols is 1. The zero-order chi connectivity index (χ0) is 16.8. The van der Waals surface area contributed by atoms with Gasteiger partial charge in [0.1, 0.15) is 12.2 Å². The molecule has 1 heterocycles. The van der Waals surface area contributed by atoms with Crippen molar-refractivity contribution in [2.45, 2.75) is 20.3 Å². The highest BCUT2D eigenvalue weighted by Gasteiger charge is 2.06. The van der Waals surface area contributed by atoms with E-state index in [1.54, 1.807) is 6.07 Å². The average molecular weight is 312 g/mol. The van der Waals surface area contributed by atoms with Gasteiger partial charge in [0, 0.05) is 17.5 Å². The van der Waals surface area contributed by atoms with Gasteiger partial charge in [-0.1, -0.05) is 29.9 Å². The summed E-state index contributed by atoms with van der Waals surface area (Å²) in [5, 5.41) is 10.6. The average Bonchev–Trinajstić information content (AvgIpc) is 2.48. The van der Waals surface area contributed by atoms with Crippen LogP contribution in [-0.2, 0) is 0 Å². The summed E-state index contributed by atoms with van der Waals surface area (Å²) in [6.07, 6.45) is 6.78. The number of hydrogen-bond acceptors (Lipinski definition) is 4. The van der Waals surface area contributed by atoms with Crippen LogP contribution in [0.3, 0.4) is 0 Å². The normalized spacial score (nSPS) is 12.0. The van der Waals surface area contributed by atoms with Crippen LogP contribution in [0.5, 0.6) is 11.5 Å². The highest BCUT2D eigenvalue weighted by atomic mass is 16.5. The SMILES string of the molecule is C=C(C)C/C=C/C(C)=C/COc1cc2oc(=O)ccc2cc1O. The number of allylic oxidation sites excluding steroid dienone is 4. The Morgan fingerprint density at radius 3 is 2.87 bits per heavy atom. The smallest absolute Gasteiger partial charge is 0.336 e. The molecule has 0 aliphatic heterocycles. The molecule has 4 heteroatoms. The molecule has 0 aliphatic rings. The van der Waals surface area contributed by atoms with Crippen LogP contribution in [0.15, 0.2) is 69.4 Å². The maximum atomic E-state index is 11.2. The van der Waals surface area contributed by atoms with Crippen LogP contribution < -0.4 is 10.4 Å². The highest BCUT2D eigenvalue weighted by Crippen LogP contribution is 2.30. The van der Waals surface area contributed by atoms with E-state index in [-0.39, 0.29) is 11.5 Å². The van der Waals surface area contributed by atoms with Crippen molar-refractivity contribution in [2.24, 2.45) is 0 Å². The number of fused-ring (bicyclic) bond motifs is 1. The summed E-state index contributed by atoms with van der Waals surface area (Å²) in [5.41, 5.74) is 2.10. The molecule has 0 fully saturated rings. The van der Waals surface area contributed by atoms with Crippen molar-refractivity contribution in [3.05, 3.63) is 70.6 Å². The lowest BCUT2D eigenvalue weighted by Gasteiger charge is -2.07. The van der Waals surface area contributed by atoms with Crippen LogP contribution >= 0.6 is 0 Å². The summed E-state index contributed by atoms with van der Waals surface area (Å²) in [6, 6.07) is 5.94. The van der Waals surface area contributed by atoms with Crippen molar-refractivity contribution in [3.8, 4) is 11.5 Å². The maximum Gasteiger partial charge on any atom is 0.336 e. The number of rotatable bonds is 6. The second kappa shape index (κ2) is 7.49. The third-order valence-electron chi connectivity index (χ3n) is 3.19. The third kappa shape index (κ3) is 4.88. The van der Waals surface area contributed by atoms with E-state index in [4.69, 9.17) is 9.15 Å². The van der Waals surface area contributed by atoms with Crippen molar-refractivity contribution < 1.29 is 14.3 Å². The summed E-state index contributed by atoms with van der Waals surface area (Å²) < 4.78 is 10.6. The Hall–Kier alpha value is -2.75. The van der Waals surface area contributed by atoms with Crippen LogP contribution in [-0.4, -0.2) is 11.7 Å². The van der Waals surface area contributed by atoms with Crippen molar-refractivity contribution in [2.75, 3.05) is 6.61 Å². The fourth-order valence-electron chi connectivity index (χ4n) is 1.98. The van der Waals surface area contributed by atoms with Crippen LogP contribution in [0, 0.1) is 0 Å². The van der Waals surface area contributed by atoms with Crippen LogP contribution in [0.25, 0.3) is 11.0 Å². The van der Waals surface area contributed by atoms with Gasteiger partial charge < -0.3 is 14.3 Å². The summed E-state index contributed by atoms with van der Waals surface area (Å²) in [5.74, 6) is 0.289. The Balaban J connectivity index is 2.07. The van der Waals surface area contributed by atoms with Crippen molar-refractivity contribution in [1.29, 1.82) is 0 Å². The second-order valence-electron chi connectivity index (χ2n) is 5.43. The summed E-state index contributed by atoms with van der Waals surface area (Å²) in [6.45, 7) is 8.09. The third-order valence-corrected chi connectivity index (χ3v) is 3.19. The van der Waals surface area contributed by atoms with E-state index in [0.717, 1.165) is 17.6 Å². The number of aromatic hydroxyl groups is 1. The molecular formula is C19H20O4. The summed E-state index contributed by atoms with van der Waals surface area (Å²) >= 11 is 0. The monoisotopic (exact) mass is 312 g/mol. The minimum atomic E-state index is -0.437. The Morgan fingerprint density at radius 2 is 2.13 bits per heavy atom. The van der Waals surface area contributed by atoms with Crippen molar-refractivity contribution >= 4 is 11.0 Å². The second-order valence-corrected chi connectivity index (χ2v) is 5.43. The molecule has 0 atom stereocenters. The van der Waals surface area contributed by atoms with Crippen molar-refractivity contribution in [3.63, 3.8) is 0 Å². The molecule has 0 saturated heterocycles. The van der Waals surface area contributed by atoms with Crippen LogP contribution in [0.4, 0.5) is 0 Å². The lowest BCUT2D eigenvalue weighted by atomic mass is 10.2. The molecule has 120 valence electrons. The summed E-state index contributed by atoms with van der Waals surface area (Å²) in [7, 11) is 0. The van der Waals surface area contributed by atoms with E-state index < -0.39 is 5.63 Å². The molecule has 0 bridgehead atoms. The van der Waals surface area contributed by atoms with Crippen LogP contribution in [0.1, 0.15) is 20.3 Å². The van der Waals surface area contributed by atoms with Gasteiger partial charge in [0.15, 0.2) is 11.5 Å². The van der Waals surface area contributed by atoms with Crippen molar-refractivity contribution in [1.82, 2.24) is 0 Å². The van der Waals surface area contributed by atoms with E-state index in [1.165, 1.54) is 18.2 Å². The molecule has 0 unspecified atom stereocenters. The molecule has 0 amide bonds. The number of hydrogen-bond donors (Lipinski definition) is 1. The fourth-order valence-corrected chi connectivity index (χ4v) is 1.98. The molecule has 0 spiro atoms. The molecule has 23 heavy (non-hydrogen) atoms. The molecule has 0 radical (unpaired) electrons. The van der Waals surface area contributed by atoms with Gasteiger partial charge in [0.05, 0.1) is 0 Å². The molecule has 0 aliphatic carbocycles. The first-order chi connectivity index (χ1) is 11.0. The van der Waals surface area contributed by atoms with Gasteiger partial charge in [0.25, 0.3) is 0 Å². The van der Waals surface area contributed by atoms with Gasteiger partial charge in [-0.2, -0.15) is 0 Å². The predicted molar refractivity (Wildman–Crippen MR) is 92.0 cm³/mol. The Bertz CT molecular complexity index is 825. The van der Waals surface area contributed by atoms with E-state index in [2.05, 4.69) is 6.58 Å². The molecule has 2 rings (SSSR count). The first kappa shape index (κ1) is 16.6. The molecular weight excluding hydrogens is 292 g/mol. The first-order valence-corrected chi connectivity index (χ1v) is 7.33. The quantitative estimate of drug-likeness (QED) is 0.489. The number of ether oxygens (including phenoxy) is 1. The largest absolute Gasteiger partial charge is 0.504 e. The molecule has 0 saturated carbocycles. The van der Waals surface area contributed by atoms with Crippen LogP contribution in [0.2, 0.25) is 0 Å². The minimum absolute atomic E-state index is 0.00947. The zero-order valence-electron chi connectivity index (χ0n) is 13.3. The van der Waals surface area contributed by atoms with E-state index >= 15 is 0 Å². The Morgan fingerprint density at radius 1 is 1.35 bits per heavy atom. The molecule has 1 N–H and O–H groups in total. The van der Waals surface area contributed by atoms with E-state index in [0.29, 0.717) is 17.6 Å². The van der Waals surface area contributed by atoms with Gasteiger partial charge >= 0.3 is 5.63 Å². The molecule has 1 aromatic carbocycles. The predicted octanol–water partition coefficient (Wildman–Crippen LogP) is 4.35. The lowest BCUT2D eigenvalue weighted by Crippen LogP contribution is -1.97. The van der Waals surface area contributed by atoms with Gasteiger partial charge in [-0.15, -0.1) is 0 Å². The first-order valence-electron chi connectivity index (χ1n) is 7.33.